The normalized spacial score (nSPS) is 11.5. The topological polar surface area (TPSA) is 50.7 Å². The summed E-state index contributed by atoms with van der Waals surface area (Å²) in [6, 6.07) is 15.7. The van der Waals surface area contributed by atoms with E-state index in [1.54, 1.807) is 18.3 Å². The van der Waals surface area contributed by atoms with E-state index in [0.29, 0.717) is 39.1 Å². The average Bonchev–Trinajstić information content (AvgIpc) is 2.77. The van der Waals surface area contributed by atoms with Crippen LogP contribution in [0.25, 0.3) is 33.7 Å². The van der Waals surface area contributed by atoms with Gasteiger partial charge >= 0.3 is 0 Å². The highest BCUT2D eigenvalue weighted by Gasteiger charge is 2.15. The van der Waals surface area contributed by atoms with E-state index >= 15 is 0 Å². The van der Waals surface area contributed by atoms with Gasteiger partial charge in [0.2, 0.25) is 0 Å². The molecule has 0 aliphatic rings. The molecular weight excluding hydrogens is 411 g/mol. The predicted molar refractivity (Wildman–Crippen MR) is 126 cm³/mol. The Morgan fingerprint density at radius 2 is 1.87 bits per heavy atom. The van der Waals surface area contributed by atoms with E-state index in [1.807, 2.05) is 50.3 Å². The Kier molecular flexibility index (Phi) is 5.78. The molecule has 0 spiro atoms. The van der Waals surface area contributed by atoms with Crippen LogP contribution in [0.15, 0.2) is 73.4 Å². The molecule has 0 saturated heterocycles. The van der Waals surface area contributed by atoms with Gasteiger partial charge in [0.1, 0.15) is 11.6 Å². The maximum absolute atomic E-state index is 14.1. The standard InChI is InChI=1S/C25H20ClFN4/c1-4-22(20-14-16(27)11-12-17(20)15(2)3)29-25-19-9-7-13-28-23(19)30-24(31-25)18-8-5-6-10-21(18)26/h4-14H,2H2,1,3H3,(H,28,29,30,31)/b22-4-. The summed E-state index contributed by atoms with van der Waals surface area (Å²) in [7, 11) is 0. The zero-order valence-corrected chi connectivity index (χ0v) is 17.9. The number of anilines is 1. The predicted octanol–water partition coefficient (Wildman–Crippen LogP) is 6.99. The van der Waals surface area contributed by atoms with E-state index in [0.717, 1.165) is 16.5 Å². The summed E-state index contributed by atoms with van der Waals surface area (Å²) in [5.41, 5.74) is 4.32. The van der Waals surface area contributed by atoms with Crippen molar-refractivity contribution in [1.29, 1.82) is 0 Å². The smallest absolute Gasteiger partial charge is 0.165 e. The molecule has 0 radical (unpaired) electrons. The van der Waals surface area contributed by atoms with Crippen LogP contribution in [0.5, 0.6) is 0 Å². The second-order valence-electron chi connectivity index (χ2n) is 7.05. The number of pyridine rings is 1. The first kappa shape index (κ1) is 20.7. The van der Waals surface area contributed by atoms with E-state index < -0.39 is 0 Å². The molecule has 0 aliphatic carbocycles. The quantitative estimate of drug-likeness (QED) is 0.370. The molecule has 4 rings (SSSR count). The fourth-order valence-electron chi connectivity index (χ4n) is 3.35. The minimum Gasteiger partial charge on any atom is -0.339 e. The van der Waals surface area contributed by atoms with Crippen LogP contribution in [0.3, 0.4) is 0 Å². The highest BCUT2D eigenvalue weighted by Crippen LogP contribution is 2.31. The number of nitrogens with zero attached hydrogens (tertiary/aromatic N) is 3. The van der Waals surface area contributed by atoms with Crippen molar-refractivity contribution in [2.45, 2.75) is 13.8 Å². The summed E-state index contributed by atoms with van der Waals surface area (Å²) in [6.07, 6.45) is 3.55. The molecule has 1 N–H and O–H groups in total. The lowest BCUT2D eigenvalue weighted by atomic mass is 9.99. The molecule has 0 unspecified atom stereocenters. The summed E-state index contributed by atoms with van der Waals surface area (Å²) >= 11 is 6.38. The summed E-state index contributed by atoms with van der Waals surface area (Å²) in [6.45, 7) is 7.80. The van der Waals surface area contributed by atoms with E-state index in [2.05, 4.69) is 21.9 Å². The number of fused-ring (bicyclic) bond motifs is 1. The minimum absolute atomic E-state index is 0.327. The van der Waals surface area contributed by atoms with Gasteiger partial charge in [0.05, 0.1) is 10.4 Å². The molecule has 31 heavy (non-hydrogen) atoms. The van der Waals surface area contributed by atoms with Gasteiger partial charge in [-0.25, -0.2) is 19.3 Å². The maximum atomic E-state index is 14.1. The number of hydrogen-bond acceptors (Lipinski definition) is 4. The van der Waals surface area contributed by atoms with Gasteiger partial charge in [0, 0.05) is 23.0 Å². The van der Waals surface area contributed by atoms with Gasteiger partial charge in [0.15, 0.2) is 11.5 Å². The molecule has 4 nitrogen and oxygen atoms in total. The molecule has 0 saturated carbocycles. The van der Waals surface area contributed by atoms with Crippen molar-refractivity contribution in [2.75, 3.05) is 5.32 Å². The second kappa shape index (κ2) is 8.66. The van der Waals surface area contributed by atoms with Crippen LogP contribution < -0.4 is 5.32 Å². The van der Waals surface area contributed by atoms with Gasteiger partial charge in [0.25, 0.3) is 0 Å². The summed E-state index contributed by atoms with van der Waals surface area (Å²) < 4.78 is 14.1. The van der Waals surface area contributed by atoms with Crippen LogP contribution >= 0.6 is 11.6 Å². The lowest BCUT2D eigenvalue weighted by Crippen LogP contribution is -2.06. The van der Waals surface area contributed by atoms with Crippen molar-refractivity contribution < 1.29 is 4.39 Å². The second-order valence-corrected chi connectivity index (χ2v) is 7.46. The fourth-order valence-corrected chi connectivity index (χ4v) is 3.57. The first-order valence-corrected chi connectivity index (χ1v) is 10.1. The monoisotopic (exact) mass is 430 g/mol. The third-order valence-electron chi connectivity index (χ3n) is 4.86. The third-order valence-corrected chi connectivity index (χ3v) is 5.19. The Morgan fingerprint density at radius 3 is 2.61 bits per heavy atom. The molecule has 0 atom stereocenters. The highest BCUT2D eigenvalue weighted by molar-refractivity contribution is 6.33. The Bertz CT molecular complexity index is 1330. The van der Waals surface area contributed by atoms with Crippen molar-refractivity contribution in [3.05, 3.63) is 95.4 Å². The SMILES string of the molecule is C=C(C)c1ccc(F)cc1/C(=C/C)Nc1nc(-c2ccccc2Cl)nc2ncccc12. The number of benzene rings is 2. The summed E-state index contributed by atoms with van der Waals surface area (Å²) in [5.74, 6) is 0.680. The fraction of sp³-hybridized carbons (Fsp3) is 0.0800. The van der Waals surface area contributed by atoms with Crippen molar-refractivity contribution in [1.82, 2.24) is 15.0 Å². The first-order chi connectivity index (χ1) is 15.0. The number of nitrogens with one attached hydrogen (secondary N) is 1. The third kappa shape index (κ3) is 4.18. The molecule has 0 amide bonds. The van der Waals surface area contributed by atoms with Crippen LogP contribution in [0.2, 0.25) is 5.02 Å². The first-order valence-electron chi connectivity index (χ1n) is 9.74. The van der Waals surface area contributed by atoms with Crippen molar-refractivity contribution >= 4 is 39.7 Å². The maximum Gasteiger partial charge on any atom is 0.165 e. The van der Waals surface area contributed by atoms with Gasteiger partial charge in [-0.15, -0.1) is 0 Å². The molecule has 2 heterocycles. The largest absolute Gasteiger partial charge is 0.339 e. The Hall–Kier alpha value is -3.57. The molecule has 2 aromatic carbocycles. The van der Waals surface area contributed by atoms with Gasteiger partial charge in [-0.1, -0.05) is 48.0 Å². The highest BCUT2D eigenvalue weighted by atomic mass is 35.5. The van der Waals surface area contributed by atoms with Gasteiger partial charge in [-0.2, -0.15) is 0 Å². The average molecular weight is 431 g/mol. The number of rotatable bonds is 5. The lowest BCUT2D eigenvalue weighted by Gasteiger charge is -2.17. The van der Waals surface area contributed by atoms with Crippen molar-refractivity contribution in [3.63, 3.8) is 0 Å². The van der Waals surface area contributed by atoms with Gasteiger partial charge < -0.3 is 5.32 Å². The number of allylic oxidation sites excluding steroid dienone is 2. The zero-order valence-electron chi connectivity index (χ0n) is 17.2. The van der Waals surface area contributed by atoms with Crippen molar-refractivity contribution in [3.8, 4) is 11.4 Å². The van der Waals surface area contributed by atoms with Crippen LogP contribution in [-0.2, 0) is 0 Å². The van der Waals surface area contributed by atoms with E-state index in [1.165, 1.54) is 12.1 Å². The Morgan fingerprint density at radius 1 is 1.06 bits per heavy atom. The molecule has 6 heteroatoms. The molecule has 154 valence electrons. The van der Waals surface area contributed by atoms with Crippen LogP contribution in [0, 0.1) is 5.82 Å². The van der Waals surface area contributed by atoms with E-state index in [9.17, 15) is 4.39 Å². The van der Waals surface area contributed by atoms with Crippen LogP contribution in [0.1, 0.15) is 25.0 Å². The zero-order chi connectivity index (χ0) is 22.0. The number of hydrogen-bond donors (Lipinski definition) is 1. The Labute approximate surface area is 185 Å². The van der Waals surface area contributed by atoms with Gasteiger partial charge in [-0.05, 0) is 55.8 Å². The van der Waals surface area contributed by atoms with Gasteiger partial charge in [-0.3, -0.25) is 0 Å². The number of aromatic nitrogens is 3. The molecule has 4 aromatic rings. The molecular formula is C25H20ClFN4. The number of halogens is 2. The summed E-state index contributed by atoms with van der Waals surface area (Å²) in [4.78, 5) is 13.7. The van der Waals surface area contributed by atoms with E-state index in [-0.39, 0.29) is 5.82 Å². The van der Waals surface area contributed by atoms with E-state index in [4.69, 9.17) is 16.6 Å². The lowest BCUT2D eigenvalue weighted by molar-refractivity contribution is 0.627. The van der Waals surface area contributed by atoms with Crippen molar-refractivity contribution in [2.24, 2.45) is 0 Å². The molecule has 0 aliphatic heterocycles. The molecule has 0 bridgehead atoms. The minimum atomic E-state index is -0.327. The van der Waals surface area contributed by atoms with Crippen LogP contribution in [-0.4, -0.2) is 15.0 Å². The Balaban J connectivity index is 1.87. The molecule has 0 fully saturated rings. The van der Waals surface area contributed by atoms with Crippen LogP contribution in [0.4, 0.5) is 10.2 Å². The molecule has 2 aromatic heterocycles. The summed E-state index contributed by atoms with van der Waals surface area (Å²) in [5, 5.41) is 4.65.